The van der Waals surface area contributed by atoms with Gasteiger partial charge in [-0.05, 0) is 30.5 Å². The van der Waals surface area contributed by atoms with Gasteiger partial charge in [0.05, 0.1) is 13.1 Å². The van der Waals surface area contributed by atoms with Gasteiger partial charge in [-0.2, -0.15) is 0 Å². The van der Waals surface area contributed by atoms with E-state index in [4.69, 9.17) is 4.99 Å². The Labute approximate surface area is 180 Å². The molecule has 160 valence electrons. The molecule has 2 aromatic rings. The minimum Gasteiger partial charge on any atom is -0.355 e. The average Bonchev–Trinajstić information content (AvgIpc) is 3.21. The summed E-state index contributed by atoms with van der Waals surface area (Å²) >= 11 is 0. The lowest BCUT2D eigenvalue weighted by Gasteiger charge is -2.25. The van der Waals surface area contributed by atoms with Gasteiger partial charge in [0.2, 0.25) is 5.91 Å². The monoisotopic (exact) mass is 407 g/mol. The number of guanidine groups is 1. The first-order chi connectivity index (χ1) is 14.6. The molecule has 6 heteroatoms. The number of amides is 1. The lowest BCUT2D eigenvalue weighted by Crippen LogP contribution is -2.47. The number of carbonyl (C=O) groups is 1. The van der Waals surface area contributed by atoms with Gasteiger partial charge in [-0.1, -0.05) is 60.7 Å². The first kappa shape index (κ1) is 21.8. The number of hydrogen-bond donors (Lipinski definition) is 2. The Hall–Kier alpha value is -2.86. The van der Waals surface area contributed by atoms with Gasteiger partial charge < -0.3 is 15.5 Å². The second-order valence-corrected chi connectivity index (χ2v) is 7.93. The number of aliphatic imine (C=N–C) groups is 1. The molecule has 1 saturated heterocycles. The summed E-state index contributed by atoms with van der Waals surface area (Å²) < 4.78 is 0. The zero-order valence-electron chi connectivity index (χ0n) is 18.1. The van der Waals surface area contributed by atoms with Crippen LogP contribution in [0.5, 0.6) is 0 Å². The Morgan fingerprint density at radius 1 is 1.03 bits per heavy atom. The lowest BCUT2D eigenvalue weighted by atomic mass is 10.2. The van der Waals surface area contributed by atoms with Crippen LogP contribution in [0.25, 0.3) is 0 Å². The minimum absolute atomic E-state index is 0.0239. The largest absolute Gasteiger partial charge is 0.355 e. The smallest absolute Gasteiger partial charge is 0.241 e. The summed E-state index contributed by atoms with van der Waals surface area (Å²) in [5, 5.41) is 6.66. The third kappa shape index (κ3) is 6.88. The van der Waals surface area contributed by atoms with Crippen LogP contribution in [0.2, 0.25) is 0 Å². The summed E-state index contributed by atoms with van der Waals surface area (Å²) in [5.41, 5.74) is 2.49. The summed E-state index contributed by atoms with van der Waals surface area (Å²) in [6, 6.07) is 21.2. The first-order valence-corrected chi connectivity index (χ1v) is 10.7. The summed E-state index contributed by atoms with van der Waals surface area (Å²) in [6.07, 6.45) is 2.38. The number of rotatable bonds is 8. The standard InChI is InChI=1S/C24H33N5O/c1-28(2)23(30)18-27-24(25-16-20-10-5-3-6-11-20)26-17-22-14-9-15-29(22)19-21-12-7-4-8-13-21/h3-8,10-13,22H,9,14-19H2,1-2H3,(H2,25,26,27). The van der Waals surface area contributed by atoms with E-state index in [1.54, 1.807) is 19.0 Å². The molecule has 1 unspecified atom stereocenters. The average molecular weight is 408 g/mol. The summed E-state index contributed by atoms with van der Waals surface area (Å²) in [6.45, 7) is 3.70. The fraction of sp³-hybridized carbons (Fsp3) is 0.417. The van der Waals surface area contributed by atoms with E-state index in [0.29, 0.717) is 18.5 Å². The van der Waals surface area contributed by atoms with Crippen molar-refractivity contribution in [3.8, 4) is 0 Å². The van der Waals surface area contributed by atoms with Crippen molar-refractivity contribution in [1.82, 2.24) is 20.4 Å². The molecule has 1 amide bonds. The molecule has 3 rings (SSSR count). The van der Waals surface area contributed by atoms with E-state index in [-0.39, 0.29) is 12.5 Å². The van der Waals surface area contributed by atoms with Crippen molar-refractivity contribution in [3.63, 3.8) is 0 Å². The summed E-state index contributed by atoms with van der Waals surface area (Å²) in [4.78, 5) is 20.8. The number of likely N-dealkylation sites (tertiary alicyclic amines) is 1. The summed E-state index contributed by atoms with van der Waals surface area (Å²) in [5.74, 6) is 0.705. The molecular formula is C24H33N5O. The van der Waals surface area contributed by atoms with Crippen LogP contribution in [0.1, 0.15) is 24.0 Å². The predicted octanol–water partition coefficient (Wildman–Crippen LogP) is 2.47. The topological polar surface area (TPSA) is 60.0 Å². The van der Waals surface area contributed by atoms with Crippen LogP contribution in [0, 0.1) is 0 Å². The maximum atomic E-state index is 12.0. The molecule has 1 aliphatic rings. The lowest BCUT2D eigenvalue weighted by molar-refractivity contribution is -0.127. The van der Waals surface area contributed by atoms with E-state index in [2.05, 4.69) is 58.0 Å². The van der Waals surface area contributed by atoms with Crippen molar-refractivity contribution < 1.29 is 4.79 Å². The van der Waals surface area contributed by atoms with Crippen LogP contribution in [0.3, 0.4) is 0 Å². The molecule has 1 aliphatic heterocycles. The number of nitrogens with zero attached hydrogens (tertiary/aromatic N) is 3. The van der Waals surface area contributed by atoms with E-state index in [1.807, 2.05) is 18.2 Å². The fourth-order valence-electron chi connectivity index (χ4n) is 3.61. The van der Waals surface area contributed by atoms with Gasteiger partial charge in [0.1, 0.15) is 0 Å². The Morgan fingerprint density at radius 3 is 2.37 bits per heavy atom. The van der Waals surface area contributed by atoms with Gasteiger partial charge in [-0.3, -0.25) is 9.69 Å². The minimum atomic E-state index is 0.0239. The van der Waals surface area contributed by atoms with E-state index in [9.17, 15) is 4.79 Å². The van der Waals surface area contributed by atoms with Crippen LogP contribution in [-0.4, -0.2) is 61.4 Å². The number of carbonyl (C=O) groups excluding carboxylic acids is 1. The van der Waals surface area contributed by atoms with E-state index in [1.165, 1.54) is 18.4 Å². The molecule has 0 bridgehead atoms. The number of nitrogens with one attached hydrogen (secondary N) is 2. The van der Waals surface area contributed by atoms with E-state index in [0.717, 1.165) is 25.2 Å². The van der Waals surface area contributed by atoms with Crippen molar-refractivity contribution >= 4 is 11.9 Å². The second kappa shape index (κ2) is 11.4. The highest BCUT2D eigenvalue weighted by molar-refractivity contribution is 5.86. The van der Waals surface area contributed by atoms with Gasteiger partial charge >= 0.3 is 0 Å². The molecule has 2 N–H and O–H groups in total. The molecular weight excluding hydrogens is 374 g/mol. The molecule has 0 aliphatic carbocycles. The molecule has 1 heterocycles. The Balaban J connectivity index is 1.59. The molecule has 2 aromatic carbocycles. The molecule has 1 atom stereocenters. The highest BCUT2D eigenvalue weighted by Gasteiger charge is 2.24. The molecule has 0 saturated carbocycles. The van der Waals surface area contributed by atoms with Gasteiger partial charge in [0.15, 0.2) is 5.96 Å². The van der Waals surface area contributed by atoms with Crippen molar-refractivity contribution in [2.45, 2.75) is 32.0 Å². The maximum absolute atomic E-state index is 12.0. The van der Waals surface area contributed by atoms with Crippen LogP contribution < -0.4 is 10.6 Å². The third-order valence-corrected chi connectivity index (χ3v) is 5.40. The van der Waals surface area contributed by atoms with Crippen molar-refractivity contribution in [1.29, 1.82) is 0 Å². The molecule has 30 heavy (non-hydrogen) atoms. The molecule has 0 aromatic heterocycles. The predicted molar refractivity (Wildman–Crippen MR) is 122 cm³/mol. The number of benzene rings is 2. The summed E-state index contributed by atoms with van der Waals surface area (Å²) in [7, 11) is 3.52. The third-order valence-electron chi connectivity index (χ3n) is 5.40. The maximum Gasteiger partial charge on any atom is 0.241 e. The highest BCUT2D eigenvalue weighted by atomic mass is 16.2. The van der Waals surface area contributed by atoms with Gasteiger partial charge in [-0.15, -0.1) is 0 Å². The molecule has 0 spiro atoms. The van der Waals surface area contributed by atoms with Crippen molar-refractivity contribution in [2.24, 2.45) is 4.99 Å². The van der Waals surface area contributed by atoms with E-state index < -0.39 is 0 Å². The van der Waals surface area contributed by atoms with E-state index >= 15 is 0 Å². The highest BCUT2D eigenvalue weighted by Crippen LogP contribution is 2.19. The molecule has 1 fully saturated rings. The van der Waals surface area contributed by atoms with Crippen LogP contribution in [-0.2, 0) is 17.9 Å². The van der Waals surface area contributed by atoms with Crippen LogP contribution >= 0.6 is 0 Å². The Morgan fingerprint density at radius 2 is 1.70 bits per heavy atom. The first-order valence-electron chi connectivity index (χ1n) is 10.7. The number of hydrogen-bond acceptors (Lipinski definition) is 3. The Bertz CT molecular complexity index is 807. The van der Waals surface area contributed by atoms with Gasteiger partial charge in [0, 0.05) is 33.2 Å². The Kier molecular flexibility index (Phi) is 8.27. The normalized spacial score (nSPS) is 17.0. The zero-order chi connectivity index (χ0) is 21.2. The van der Waals surface area contributed by atoms with Crippen LogP contribution in [0.15, 0.2) is 65.7 Å². The van der Waals surface area contributed by atoms with Gasteiger partial charge in [-0.25, -0.2) is 4.99 Å². The van der Waals surface area contributed by atoms with Crippen LogP contribution in [0.4, 0.5) is 0 Å². The quantitative estimate of drug-likeness (QED) is 0.521. The molecule has 0 radical (unpaired) electrons. The molecule has 6 nitrogen and oxygen atoms in total. The fourth-order valence-corrected chi connectivity index (χ4v) is 3.61. The SMILES string of the molecule is CN(C)C(=O)CNC(=NCc1ccccc1)NCC1CCCN1Cc1ccccc1. The zero-order valence-corrected chi connectivity index (χ0v) is 18.1. The van der Waals surface area contributed by atoms with Crippen molar-refractivity contribution in [2.75, 3.05) is 33.7 Å². The van der Waals surface area contributed by atoms with Crippen molar-refractivity contribution in [3.05, 3.63) is 71.8 Å². The van der Waals surface area contributed by atoms with Gasteiger partial charge in [0.25, 0.3) is 0 Å². The number of likely N-dealkylation sites (N-methyl/N-ethyl adjacent to an activating group) is 1. The second-order valence-electron chi connectivity index (χ2n) is 7.93.